The summed E-state index contributed by atoms with van der Waals surface area (Å²) in [6, 6.07) is 5.14. The summed E-state index contributed by atoms with van der Waals surface area (Å²) >= 11 is 1.61. The van der Waals surface area contributed by atoms with E-state index in [4.69, 9.17) is 9.84 Å². The molecule has 1 aromatic rings. The fourth-order valence-electron chi connectivity index (χ4n) is 1.17. The van der Waals surface area contributed by atoms with Crippen LogP contribution >= 0.6 is 11.8 Å². The largest absolute Gasteiger partial charge is 0.494 e. The second-order valence-electron chi connectivity index (χ2n) is 3.06. The fraction of sp³-hybridized carbons (Fsp3) is 0.455. The van der Waals surface area contributed by atoms with Crippen LogP contribution < -0.4 is 4.74 Å². The minimum atomic E-state index is -0.281. The van der Waals surface area contributed by atoms with Crippen molar-refractivity contribution in [1.29, 1.82) is 0 Å². The lowest BCUT2D eigenvalue weighted by Gasteiger charge is -2.06. The molecule has 1 N–H and O–H groups in total. The van der Waals surface area contributed by atoms with Gasteiger partial charge < -0.3 is 9.84 Å². The Hall–Kier alpha value is -0.740. The van der Waals surface area contributed by atoms with Crippen LogP contribution in [0.1, 0.15) is 12.0 Å². The molecule has 84 valence electrons. The summed E-state index contributed by atoms with van der Waals surface area (Å²) in [5.41, 5.74) is 0.650. The van der Waals surface area contributed by atoms with Gasteiger partial charge in [0.2, 0.25) is 0 Å². The van der Waals surface area contributed by atoms with Crippen LogP contribution in [-0.4, -0.2) is 24.6 Å². The van der Waals surface area contributed by atoms with Crippen molar-refractivity contribution in [2.75, 3.05) is 19.5 Å². The normalized spacial score (nSPS) is 10.3. The number of aliphatic hydroxyl groups is 1. The third-order valence-corrected chi connectivity index (χ3v) is 3.06. The van der Waals surface area contributed by atoms with Gasteiger partial charge in [-0.3, -0.25) is 0 Å². The van der Waals surface area contributed by atoms with Crippen molar-refractivity contribution in [3.05, 3.63) is 29.6 Å². The van der Waals surface area contributed by atoms with Crippen LogP contribution in [0.3, 0.4) is 0 Å². The Bertz CT molecular complexity index is 305. The molecule has 1 rings (SSSR count). The third-order valence-electron chi connectivity index (χ3n) is 1.97. The van der Waals surface area contributed by atoms with Crippen molar-refractivity contribution >= 4 is 11.8 Å². The molecule has 0 aromatic heterocycles. The SMILES string of the molecule is COc1cccc(CSCCCO)c1F. The van der Waals surface area contributed by atoms with Crippen molar-refractivity contribution in [3.63, 3.8) is 0 Å². The van der Waals surface area contributed by atoms with Gasteiger partial charge in [-0.15, -0.1) is 0 Å². The minimum absolute atomic E-state index is 0.188. The monoisotopic (exact) mass is 230 g/mol. The summed E-state index contributed by atoms with van der Waals surface area (Å²) in [5, 5.41) is 8.59. The standard InChI is InChI=1S/C11H15FO2S/c1-14-10-5-2-4-9(11(10)12)8-15-7-3-6-13/h2,4-5,13H,3,6-8H2,1H3. The van der Waals surface area contributed by atoms with Gasteiger partial charge in [-0.05, 0) is 18.2 Å². The molecule has 0 heterocycles. The average molecular weight is 230 g/mol. The zero-order valence-electron chi connectivity index (χ0n) is 8.70. The summed E-state index contributed by atoms with van der Waals surface area (Å²) < 4.78 is 18.5. The van der Waals surface area contributed by atoms with E-state index in [0.717, 1.165) is 12.2 Å². The molecular formula is C11H15FO2S. The van der Waals surface area contributed by atoms with Crippen molar-refractivity contribution in [2.24, 2.45) is 0 Å². The molecule has 0 spiro atoms. The van der Waals surface area contributed by atoms with E-state index in [2.05, 4.69) is 0 Å². The predicted octanol–water partition coefficient (Wildman–Crippen LogP) is 2.45. The first-order chi connectivity index (χ1) is 7.29. The molecule has 1 aromatic carbocycles. The van der Waals surface area contributed by atoms with Crippen LogP contribution in [0.15, 0.2) is 18.2 Å². The molecule has 15 heavy (non-hydrogen) atoms. The molecule has 0 saturated carbocycles. The van der Waals surface area contributed by atoms with Gasteiger partial charge in [0.1, 0.15) is 0 Å². The molecule has 0 saturated heterocycles. The second kappa shape index (κ2) is 6.69. The number of ether oxygens (including phenoxy) is 1. The van der Waals surface area contributed by atoms with Crippen LogP contribution in [0.25, 0.3) is 0 Å². The molecule has 2 nitrogen and oxygen atoms in total. The van der Waals surface area contributed by atoms with Crippen LogP contribution in [0.4, 0.5) is 4.39 Å². The quantitative estimate of drug-likeness (QED) is 0.761. The number of rotatable bonds is 6. The summed E-state index contributed by atoms with van der Waals surface area (Å²) in [4.78, 5) is 0. The number of aliphatic hydroxyl groups excluding tert-OH is 1. The highest BCUT2D eigenvalue weighted by atomic mass is 32.2. The summed E-state index contributed by atoms with van der Waals surface area (Å²) in [5.74, 6) is 1.46. The number of halogens is 1. The summed E-state index contributed by atoms with van der Waals surface area (Å²) in [7, 11) is 1.46. The van der Waals surface area contributed by atoms with Crippen molar-refractivity contribution in [2.45, 2.75) is 12.2 Å². The molecule has 0 unspecified atom stereocenters. The highest BCUT2D eigenvalue weighted by Gasteiger charge is 2.07. The molecule has 0 atom stereocenters. The predicted molar refractivity (Wildman–Crippen MR) is 60.8 cm³/mol. The lowest BCUT2D eigenvalue weighted by molar-refractivity contribution is 0.296. The maximum Gasteiger partial charge on any atom is 0.169 e. The Morgan fingerprint density at radius 3 is 2.93 bits per heavy atom. The van der Waals surface area contributed by atoms with Crippen LogP contribution in [0.2, 0.25) is 0 Å². The van der Waals surface area contributed by atoms with Gasteiger partial charge in [0.25, 0.3) is 0 Å². The first-order valence-corrected chi connectivity index (χ1v) is 5.95. The third kappa shape index (κ3) is 3.72. The van der Waals surface area contributed by atoms with Gasteiger partial charge in [-0.25, -0.2) is 4.39 Å². The van der Waals surface area contributed by atoms with Gasteiger partial charge in [-0.2, -0.15) is 11.8 Å². The van der Waals surface area contributed by atoms with Crippen molar-refractivity contribution < 1.29 is 14.2 Å². The maximum atomic E-state index is 13.6. The topological polar surface area (TPSA) is 29.5 Å². The van der Waals surface area contributed by atoms with Crippen molar-refractivity contribution in [3.8, 4) is 5.75 Å². The molecule has 0 bridgehead atoms. The van der Waals surface area contributed by atoms with E-state index in [-0.39, 0.29) is 18.2 Å². The molecule has 0 aliphatic carbocycles. The Kier molecular flexibility index (Phi) is 5.50. The Morgan fingerprint density at radius 2 is 2.27 bits per heavy atom. The van der Waals surface area contributed by atoms with Crippen LogP contribution in [-0.2, 0) is 5.75 Å². The number of thioether (sulfide) groups is 1. The zero-order valence-corrected chi connectivity index (χ0v) is 9.52. The number of hydrogen-bond donors (Lipinski definition) is 1. The molecule has 0 aliphatic rings. The van der Waals surface area contributed by atoms with E-state index in [9.17, 15) is 4.39 Å². The second-order valence-corrected chi connectivity index (χ2v) is 4.17. The van der Waals surface area contributed by atoms with E-state index in [1.807, 2.05) is 0 Å². The van der Waals surface area contributed by atoms with E-state index >= 15 is 0 Å². The van der Waals surface area contributed by atoms with E-state index in [0.29, 0.717) is 11.3 Å². The lowest BCUT2D eigenvalue weighted by Crippen LogP contribution is -1.94. The Balaban J connectivity index is 2.53. The van der Waals surface area contributed by atoms with E-state index in [1.54, 1.807) is 30.0 Å². The smallest absolute Gasteiger partial charge is 0.169 e. The number of hydrogen-bond acceptors (Lipinski definition) is 3. The lowest BCUT2D eigenvalue weighted by atomic mass is 10.2. The highest BCUT2D eigenvalue weighted by Crippen LogP contribution is 2.23. The van der Waals surface area contributed by atoms with Crippen LogP contribution in [0, 0.1) is 5.82 Å². The van der Waals surface area contributed by atoms with E-state index < -0.39 is 0 Å². The van der Waals surface area contributed by atoms with Crippen molar-refractivity contribution in [1.82, 2.24) is 0 Å². The molecule has 0 amide bonds. The molecular weight excluding hydrogens is 215 g/mol. The Morgan fingerprint density at radius 1 is 1.47 bits per heavy atom. The molecule has 0 aliphatic heterocycles. The minimum Gasteiger partial charge on any atom is -0.494 e. The first kappa shape index (κ1) is 12.3. The zero-order chi connectivity index (χ0) is 11.1. The maximum absolute atomic E-state index is 13.6. The number of methoxy groups -OCH3 is 1. The number of benzene rings is 1. The first-order valence-electron chi connectivity index (χ1n) is 4.79. The summed E-state index contributed by atoms with van der Waals surface area (Å²) in [6.45, 7) is 0.188. The van der Waals surface area contributed by atoms with Gasteiger partial charge in [0.15, 0.2) is 11.6 Å². The molecule has 4 heteroatoms. The Labute approximate surface area is 93.5 Å². The van der Waals surface area contributed by atoms with E-state index in [1.165, 1.54) is 7.11 Å². The van der Waals surface area contributed by atoms with Gasteiger partial charge in [-0.1, -0.05) is 12.1 Å². The van der Waals surface area contributed by atoms with Gasteiger partial charge in [0.05, 0.1) is 7.11 Å². The highest BCUT2D eigenvalue weighted by molar-refractivity contribution is 7.98. The molecule has 0 radical (unpaired) electrons. The van der Waals surface area contributed by atoms with Gasteiger partial charge >= 0.3 is 0 Å². The fourth-order valence-corrected chi connectivity index (χ4v) is 2.09. The molecule has 0 fully saturated rings. The van der Waals surface area contributed by atoms with Crippen LogP contribution in [0.5, 0.6) is 5.75 Å². The summed E-state index contributed by atoms with van der Waals surface area (Å²) in [6.07, 6.45) is 0.746. The van der Waals surface area contributed by atoms with Gasteiger partial charge in [0, 0.05) is 17.9 Å². The average Bonchev–Trinajstić information content (AvgIpc) is 2.26.